The molecule has 3 unspecified atom stereocenters. The first-order valence-corrected chi connectivity index (χ1v) is 5.35. The first-order chi connectivity index (χ1) is 7.18. The Morgan fingerprint density at radius 3 is 2.87 bits per heavy atom. The van der Waals surface area contributed by atoms with Crippen LogP contribution in [-0.2, 0) is 4.74 Å². The maximum Gasteiger partial charge on any atom is 0.231 e. The lowest BCUT2D eigenvalue weighted by molar-refractivity contribution is 0.192. The summed E-state index contributed by atoms with van der Waals surface area (Å²) in [6, 6.07) is 0.0260. The van der Waals surface area contributed by atoms with Crippen molar-refractivity contribution in [3.63, 3.8) is 0 Å². The molecule has 84 valence electrons. The van der Waals surface area contributed by atoms with Crippen molar-refractivity contribution in [3.8, 4) is 0 Å². The Balaban J connectivity index is 2.09. The molecule has 1 saturated heterocycles. The van der Waals surface area contributed by atoms with Gasteiger partial charge in [0.15, 0.2) is 5.82 Å². The predicted molar refractivity (Wildman–Crippen MR) is 54.5 cm³/mol. The Hall–Kier alpha value is -0.940. The summed E-state index contributed by atoms with van der Waals surface area (Å²) in [7, 11) is 0. The third kappa shape index (κ3) is 2.18. The van der Waals surface area contributed by atoms with Gasteiger partial charge in [0, 0.05) is 18.6 Å². The summed E-state index contributed by atoms with van der Waals surface area (Å²) < 4.78 is 10.5. The summed E-state index contributed by atoms with van der Waals surface area (Å²) in [4.78, 5) is 4.38. The Morgan fingerprint density at radius 2 is 2.27 bits per heavy atom. The zero-order chi connectivity index (χ0) is 10.8. The molecule has 1 aliphatic rings. The van der Waals surface area contributed by atoms with Gasteiger partial charge in [0.25, 0.3) is 0 Å². The van der Waals surface area contributed by atoms with E-state index in [1.807, 2.05) is 13.8 Å². The van der Waals surface area contributed by atoms with Gasteiger partial charge in [-0.05, 0) is 13.3 Å². The summed E-state index contributed by atoms with van der Waals surface area (Å²) in [5.41, 5.74) is 5.78. The molecule has 0 spiro atoms. The molecule has 0 aliphatic carbocycles. The minimum absolute atomic E-state index is 0.0260. The molecule has 0 aromatic carbocycles. The van der Waals surface area contributed by atoms with Crippen LogP contribution < -0.4 is 5.73 Å². The van der Waals surface area contributed by atoms with E-state index in [0.717, 1.165) is 18.9 Å². The number of aromatic nitrogens is 2. The van der Waals surface area contributed by atoms with Crippen molar-refractivity contribution in [3.05, 3.63) is 11.7 Å². The fraction of sp³-hybridized carbons (Fsp3) is 0.800. The van der Waals surface area contributed by atoms with Crippen LogP contribution >= 0.6 is 0 Å². The second kappa shape index (κ2) is 4.28. The number of hydrogen-bond acceptors (Lipinski definition) is 5. The molecule has 0 saturated carbocycles. The molecule has 2 N–H and O–H groups in total. The Bertz CT molecular complexity index is 302. The van der Waals surface area contributed by atoms with Gasteiger partial charge >= 0.3 is 0 Å². The highest BCUT2D eigenvalue weighted by Gasteiger charge is 2.25. The van der Waals surface area contributed by atoms with Gasteiger partial charge in [-0.2, -0.15) is 4.98 Å². The number of rotatable bonds is 3. The van der Waals surface area contributed by atoms with E-state index < -0.39 is 0 Å². The van der Waals surface area contributed by atoms with E-state index in [1.54, 1.807) is 0 Å². The van der Waals surface area contributed by atoms with Crippen molar-refractivity contribution in [1.29, 1.82) is 0 Å². The van der Waals surface area contributed by atoms with Gasteiger partial charge in [0.05, 0.1) is 12.5 Å². The molecule has 5 heteroatoms. The normalized spacial score (nSPS) is 25.4. The molecule has 1 aromatic heterocycles. The van der Waals surface area contributed by atoms with Crippen LogP contribution in [0.5, 0.6) is 0 Å². The van der Waals surface area contributed by atoms with Crippen molar-refractivity contribution in [2.24, 2.45) is 5.73 Å². The molecule has 1 aromatic rings. The first-order valence-electron chi connectivity index (χ1n) is 5.35. The fourth-order valence-electron chi connectivity index (χ4n) is 1.56. The largest absolute Gasteiger partial charge is 0.381 e. The van der Waals surface area contributed by atoms with E-state index in [0.29, 0.717) is 18.4 Å². The van der Waals surface area contributed by atoms with Crippen molar-refractivity contribution in [2.45, 2.75) is 38.1 Å². The number of hydrogen-bond donors (Lipinski definition) is 1. The molecule has 15 heavy (non-hydrogen) atoms. The molecule has 0 radical (unpaired) electrons. The minimum atomic E-state index is 0.0260. The molecule has 0 amide bonds. The van der Waals surface area contributed by atoms with Gasteiger partial charge < -0.3 is 15.0 Å². The Kier molecular flexibility index (Phi) is 3.02. The average molecular weight is 211 g/mol. The van der Waals surface area contributed by atoms with E-state index in [9.17, 15) is 0 Å². The molecule has 0 bridgehead atoms. The van der Waals surface area contributed by atoms with Crippen LogP contribution in [0, 0.1) is 0 Å². The molecule has 1 aliphatic heterocycles. The van der Waals surface area contributed by atoms with Gasteiger partial charge in [-0.3, -0.25) is 0 Å². The van der Waals surface area contributed by atoms with Crippen LogP contribution in [0.2, 0.25) is 0 Å². The van der Waals surface area contributed by atoms with Crippen molar-refractivity contribution < 1.29 is 9.26 Å². The first kappa shape index (κ1) is 10.6. The zero-order valence-corrected chi connectivity index (χ0v) is 9.14. The van der Waals surface area contributed by atoms with Crippen LogP contribution in [0.1, 0.15) is 43.8 Å². The molecule has 3 atom stereocenters. The number of nitrogens with zero attached hydrogens (tertiary/aromatic N) is 2. The SMILES string of the molecule is CC(N)C(C)c1nc(C2CCOC2)no1. The number of nitrogens with two attached hydrogens (primary N) is 1. The van der Waals surface area contributed by atoms with Gasteiger partial charge in [-0.1, -0.05) is 12.1 Å². The second-order valence-electron chi connectivity index (χ2n) is 4.20. The molecule has 2 rings (SSSR count). The standard InChI is InChI=1S/C10H17N3O2/c1-6(7(2)11)10-12-9(13-15-10)8-3-4-14-5-8/h6-8H,3-5,11H2,1-2H3. The van der Waals surface area contributed by atoms with Crippen LogP contribution in [0.3, 0.4) is 0 Å². The summed E-state index contributed by atoms with van der Waals surface area (Å²) in [6.07, 6.45) is 0.978. The van der Waals surface area contributed by atoms with E-state index in [1.165, 1.54) is 0 Å². The second-order valence-corrected chi connectivity index (χ2v) is 4.20. The topological polar surface area (TPSA) is 74.2 Å². The van der Waals surface area contributed by atoms with E-state index >= 15 is 0 Å². The monoisotopic (exact) mass is 211 g/mol. The predicted octanol–water partition coefficient (Wildman–Crippen LogP) is 1.02. The Morgan fingerprint density at radius 1 is 1.47 bits per heavy atom. The summed E-state index contributed by atoms with van der Waals surface area (Å²) >= 11 is 0. The highest BCUT2D eigenvalue weighted by molar-refractivity contribution is 5.01. The van der Waals surface area contributed by atoms with Crippen LogP contribution in [0.25, 0.3) is 0 Å². The van der Waals surface area contributed by atoms with Gasteiger partial charge in [-0.25, -0.2) is 0 Å². The van der Waals surface area contributed by atoms with E-state index in [4.69, 9.17) is 15.0 Å². The highest BCUT2D eigenvalue weighted by atomic mass is 16.5. The number of ether oxygens (including phenoxy) is 1. The quantitative estimate of drug-likeness (QED) is 0.808. The van der Waals surface area contributed by atoms with Crippen LogP contribution in [-0.4, -0.2) is 29.4 Å². The van der Waals surface area contributed by atoms with Gasteiger partial charge in [-0.15, -0.1) is 0 Å². The zero-order valence-electron chi connectivity index (χ0n) is 9.14. The molecule has 2 heterocycles. The third-order valence-corrected chi connectivity index (χ3v) is 2.93. The van der Waals surface area contributed by atoms with E-state index in [-0.39, 0.29) is 12.0 Å². The lowest BCUT2D eigenvalue weighted by Crippen LogP contribution is -2.22. The van der Waals surface area contributed by atoms with Crippen molar-refractivity contribution in [2.75, 3.05) is 13.2 Å². The Labute approximate surface area is 89.0 Å². The van der Waals surface area contributed by atoms with Crippen molar-refractivity contribution in [1.82, 2.24) is 10.1 Å². The van der Waals surface area contributed by atoms with Crippen molar-refractivity contribution >= 4 is 0 Å². The molecule has 5 nitrogen and oxygen atoms in total. The smallest absolute Gasteiger partial charge is 0.231 e. The summed E-state index contributed by atoms with van der Waals surface area (Å²) in [5, 5.41) is 3.98. The summed E-state index contributed by atoms with van der Waals surface area (Å²) in [5.74, 6) is 1.79. The van der Waals surface area contributed by atoms with Gasteiger partial charge in [0.1, 0.15) is 0 Å². The maximum absolute atomic E-state index is 5.78. The van der Waals surface area contributed by atoms with E-state index in [2.05, 4.69) is 10.1 Å². The lowest BCUT2D eigenvalue weighted by atomic mass is 10.0. The fourth-order valence-corrected chi connectivity index (χ4v) is 1.56. The maximum atomic E-state index is 5.78. The molecule has 1 fully saturated rings. The van der Waals surface area contributed by atoms with Gasteiger partial charge in [0.2, 0.25) is 5.89 Å². The average Bonchev–Trinajstić information content (AvgIpc) is 2.86. The molecular formula is C10H17N3O2. The lowest BCUT2D eigenvalue weighted by Gasteiger charge is -2.09. The van der Waals surface area contributed by atoms with Crippen LogP contribution in [0.4, 0.5) is 0 Å². The third-order valence-electron chi connectivity index (χ3n) is 2.93. The highest BCUT2D eigenvalue weighted by Crippen LogP contribution is 2.24. The summed E-state index contributed by atoms with van der Waals surface area (Å²) in [6.45, 7) is 5.42. The van der Waals surface area contributed by atoms with Crippen LogP contribution in [0.15, 0.2) is 4.52 Å². The minimum Gasteiger partial charge on any atom is -0.381 e. The molecular weight excluding hydrogens is 194 g/mol.